The quantitative estimate of drug-likeness (QED) is 0.740. The minimum Gasteiger partial charge on any atom is -0.443 e. The van der Waals surface area contributed by atoms with E-state index in [2.05, 4.69) is 4.98 Å². The summed E-state index contributed by atoms with van der Waals surface area (Å²) < 4.78 is 5.99. The second kappa shape index (κ2) is 8.99. The normalized spacial score (nSPS) is 20.2. The number of oxazole rings is 1. The van der Waals surface area contributed by atoms with Crippen LogP contribution in [0.15, 0.2) is 34.9 Å². The molecule has 2 saturated heterocycles. The molecule has 29 heavy (non-hydrogen) atoms. The molecule has 1 aromatic carbocycles. The molecule has 3 heterocycles. The Morgan fingerprint density at radius 3 is 2.90 bits per heavy atom. The first kappa shape index (κ1) is 20.0. The van der Waals surface area contributed by atoms with E-state index in [1.165, 1.54) is 0 Å². The van der Waals surface area contributed by atoms with E-state index in [0.29, 0.717) is 36.8 Å². The van der Waals surface area contributed by atoms with Gasteiger partial charge in [0.2, 0.25) is 17.7 Å². The van der Waals surface area contributed by atoms with Crippen molar-refractivity contribution in [3.63, 3.8) is 0 Å². The van der Waals surface area contributed by atoms with Gasteiger partial charge in [0, 0.05) is 31.0 Å². The summed E-state index contributed by atoms with van der Waals surface area (Å²) in [6.45, 7) is 1.50. The summed E-state index contributed by atoms with van der Waals surface area (Å²) in [5.74, 6) is 1.37. The standard InChI is InChI=1S/C22H26ClN3O3/c23-18-8-4-3-7-16(18)13-17-14-24-22(29-17)19-9-6-12-26(19)21(28)15-25-11-5-1-2-10-20(25)27/h3-4,7-8,14,19H,1-2,5-6,9-13,15H2/t19-/m0/s1. The fourth-order valence-electron chi connectivity index (χ4n) is 4.17. The van der Waals surface area contributed by atoms with Crippen molar-refractivity contribution in [1.82, 2.24) is 14.8 Å². The van der Waals surface area contributed by atoms with Gasteiger partial charge in [0.25, 0.3) is 0 Å². The summed E-state index contributed by atoms with van der Waals surface area (Å²) >= 11 is 6.24. The summed E-state index contributed by atoms with van der Waals surface area (Å²) in [6, 6.07) is 7.50. The predicted octanol–water partition coefficient (Wildman–Crippen LogP) is 3.98. The maximum atomic E-state index is 12.9. The summed E-state index contributed by atoms with van der Waals surface area (Å²) in [6.07, 6.45) is 7.50. The molecule has 0 bridgehead atoms. The van der Waals surface area contributed by atoms with Crippen LogP contribution in [-0.4, -0.2) is 46.2 Å². The Bertz CT molecular complexity index is 882. The van der Waals surface area contributed by atoms with Gasteiger partial charge < -0.3 is 14.2 Å². The molecule has 7 heteroatoms. The van der Waals surface area contributed by atoms with Gasteiger partial charge in [-0.3, -0.25) is 9.59 Å². The number of hydrogen-bond donors (Lipinski definition) is 0. The van der Waals surface area contributed by atoms with Crippen molar-refractivity contribution in [2.45, 2.75) is 51.0 Å². The molecule has 0 saturated carbocycles. The number of carbonyl (C=O) groups is 2. The number of aromatic nitrogens is 1. The molecule has 2 fully saturated rings. The van der Waals surface area contributed by atoms with E-state index in [0.717, 1.165) is 43.4 Å². The van der Waals surface area contributed by atoms with Crippen LogP contribution < -0.4 is 0 Å². The van der Waals surface area contributed by atoms with Gasteiger partial charge >= 0.3 is 0 Å². The average Bonchev–Trinajstić information content (AvgIpc) is 3.33. The van der Waals surface area contributed by atoms with Crippen molar-refractivity contribution in [1.29, 1.82) is 0 Å². The van der Waals surface area contributed by atoms with Crippen molar-refractivity contribution < 1.29 is 14.0 Å². The molecular formula is C22H26ClN3O3. The molecule has 0 radical (unpaired) electrons. The topological polar surface area (TPSA) is 66.7 Å². The monoisotopic (exact) mass is 415 g/mol. The van der Waals surface area contributed by atoms with E-state index in [1.54, 1.807) is 11.1 Å². The zero-order chi connectivity index (χ0) is 20.2. The van der Waals surface area contributed by atoms with Crippen molar-refractivity contribution in [3.05, 3.63) is 52.7 Å². The molecule has 6 nitrogen and oxygen atoms in total. The number of halogens is 1. The minimum atomic E-state index is -0.162. The van der Waals surface area contributed by atoms with Gasteiger partial charge in [-0.15, -0.1) is 0 Å². The lowest BCUT2D eigenvalue weighted by molar-refractivity contribution is -0.141. The number of carbonyl (C=O) groups excluding carboxylic acids is 2. The first-order chi connectivity index (χ1) is 14.1. The van der Waals surface area contributed by atoms with E-state index in [9.17, 15) is 9.59 Å². The third-order valence-corrected chi connectivity index (χ3v) is 6.12. The molecule has 1 aromatic heterocycles. The smallest absolute Gasteiger partial charge is 0.242 e. The Labute approximate surface area is 175 Å². The first-order valence-electron chi connectivity index (χ1n) is 10.4. The molecule has 2 aliphatic heterocycles. The third kappa shape index (κ3) is 4.64. The van der Waals surface area contributed by atoms with Crippen molar-refractivity contribution in [3.8, 4) is 0 Å². The fraction of sp³-hybridized carbons (Fsp3) is 0.500. The van der Waals surface area contributed by atoms with E-state index < -0.39 is 0 Å². The zero-order valence-corrected chi connectivity index (χ0v) is 17.2. The summed E-state index contributed by atoms with van der Waals surface area (Å²) in [5, 5.41) is 0.699. The number of hydrogen-bond acceptors (Lipinski definition) is 4. The number of benzene rings is 1. The predicted molar refractivity (Wildman–Crippen MR) is 109 cm³/mol. The van der Waals surface area contributed by atoms with Crippen LogP contribution in [0.4, 0.5) is 0 Å². The lowest BCUT2D eigenvalue weighted by Gasteiger charge is -2.26. The lowest BCUT2D eigenvalue weighted by atomic mass is 10.1. The molecule has 0 aliphatic carbocycles. The van der Waals surface area contributed by atoms with Gasteiger partial charge in [-0.25, -0.2) is 4.98 Å². The zero-order valence-electron chi connectivity index (χ0n) is 16.5. The van der Waals surface area contributed by atoms with Gasteiger partial charge in [0.1, 0.15) is 11.8 Å². The van der Waals surface area contributed by atoms with Crippen LogP contribution in [0.25, 0.3) is 0 Å². The van der Waals surface area contributed by atoms with Crippen LogP contribution in [0.3, 0.4) is 0 Å². The van der Waals surface area contributed by atoms with E-state index in [4.69, 9.17) is 16.0 Å². The van der Waals surface area contributed by atoms with Crippen LogP contribution in [0.1, 0.15) is 61.8 Å². The van der Waals surface area contributed by atoms with E-state index >= 15 is 0 Å². The van der Waals surface area contributed by atoms with Crippen LogP contribution in [0, 0.1) is 0 Å². The fourth-order valence-corrected chi connectivity index (χ4v) is 4.37. The SMILES string of the molecule is O=C1CCCCCN1CC(=O)N1CCC[C@H]1c1ncc(Cc2ccccc2Cl)o1. The number of likely N-dealkylation sites (tertiary alicyclic amines) is 2. The molecule has 0 N–H and O–H groups in total. The van der Waals surface area contributed by atoms with Crippen molar-refractivity contribution >= 4 is 23.4 Å². The van der Waals surface area contributed by atoms with E-state index in [-0.39, 0.29) is 24.4 Å². The summed E-state index contributed by atoms with van der Waals surface area (Å²) in [7, 11) is 0. The third-order valence-electron chi connectivity index (χ3n) is 5.75. The minimum absolute atomic E-state index is 0.0198. The van der Waals surface area contributed by atoms with Gasteiger partial charge in [0.15, 0.2) is 0 Å². The number of nitrogens with zero attached hydrogens (tertiary/aromatic N) is 3. The van der Waals surface area contributed by atoms with Gasteiger partial charge in [0.05, 0.1) is 12.7 Å². The van der Waals surface area contributed by atoms with Crippen molar-refractivity contribution in [2.75, 3.05) is 19.6 Å². The molecular weight excluding hydrogens is 390 g/mol. The van der Waals surface area contributed by atoms with Crippen LogP contribution in [0.5, 0.6) is 0 Å². The highest BCUT2D eigenvalue weighted by molar-refractivity contribution is 6.31. The molecule has 2 aliphatic rings. The Morgan fingerprint density at radius 2 is 2.03 bits per heavy atom. The molecule has 0 unspecified atom stereocenters. The molecule has 4 rings (SSSR count). The Balaban J connectivity index is 1.43. The molecule has 154 valence electrons. The Morgan fingerprint density at radius 1 is 1.17 bits per heavy atom. The molecule has 2 aromatic rings. The number of rotatable bonds is 5. The molecule has 0 spiro atoms. The van der Waals surface area contributed by atoms with Gasteiger partial charge in [-0.2, -0.15) is 0 Å². The molecule has 1 atom stereocenters. The highest BCUT2D eigenvalue weighted by atomic mass is 35.5. The van der Waals surface area contributed by atoms with Gasteiger partial charge in [-0.05, 0) is 37.3 Å². The number of amides is 2. The highest BCUT2D eigenvalue weighted by Crippen LogP contribution is 2.32. The van der Waals surface area contributed by atoms with Gasteiger partial charge in [-0.1, -0.05) is 36.2 Å². The highest BCUT2D eigenvalue weighted by Gasteiger charge is 2.34. The summed E-state index contributed by atoms with van der Waals surface area (Å²) in [4.78, 5) is 33.2. The second-order valence-electron chi connectivity index (χ2n) is 7.80. The van der Waals surface area contributed by atoms with Crippen molar-refractivity contribution in [2.24, 2.45) is 0 Å². The largest absolute Gasteiger partial charge is 0.443 e. The lowest BCUT2D eigenvalue weighted by Crippen LogP contribution is -2.42. The Hall–Kier alpha value is -2.34. The average molecular weight is 416 g/mol. The Kier molecular flexibility index (Phi) is 6.19. The maximum Gasteiger partial charge on any atom is 0.242 e. The first-order valence-corrected chi connectivity index (χ1v) is 10.7. The van der Waals surface area contributed by atoms with Crippen LogP contribution in [-0.2, 0) is 16.0 Å². The summed E-state index contributed by atoms with van der Waals surface area (Å²) in [5.41, 5.74) is 0.982. The second-order valence-corrected chi connectivity index (χ2v) is 8.21. The molecule has 2 amide bonds. The maximum absolute atomic E-state index is 12.9. The van der Waals surface area contributed by atoms with E-state index in [1.807, 2.05) is 29.2 Å². The van der Waals surface area contributed by atoms with Crippen LogP contribution in [0.2, 0.25) is 5.02 Å². The van der Waals surface area contributed by atoms with Crippen LogP contribution >= 0.6 is 11.6 Å².